The molecule has 4 heterocycles. The molecule has 0 saturated carbocycles. The van der Waals surface area contributed by atoms with E-state index in [2.05, 4.69) is 22.0 Å². The molecule has 0 spiro atoms. The summed E-state index contributed by atoms with van der Waals surface area (Å²) in [6, 6.07) is 18.3. The molecule has 32 heavy (non-hydrogen) atoms. The Balaban J connectivity index is 1.31. The molecule has 162 valence electrons. The van der Waals surface area contributed by atoms with Gasteiger partial charge in [0.15, 0.2) is 0 Å². The lowest BCUT2D eigenvalue weighted by atomic mass is 10.1. The third-order valence-corrected chi connectivity index (χ3v) is 6.63. The molecule has 1 amide bonds. The molecule has 7 heteroatoms. The van der Waals surface area contributed by atoms with E-state index in [4.69, 9.17) is 5.10 Å². The van der Waals surface area contributed by atoms with Crippen molar-refractivity contribution in [3.05, 3.63) is 95.3 Å². The zero-order valence-electron chi connectivity index (χ0n) is 17.8. The van der Waals surface area contributed by atoms with Crippen LogP contribution in [0.4, 0.5) is 0 Å². The number of aromatic nitrogens is 3. The lowest BCUT2D eigenvalue weighted by Gasteiger charge is -2.34. The van der Waals surface area contributed by atoms with Gasteiger partial charge in [0, 0.05) is 51.3 Å². The fourth-order valence-corrected chi connectivity index (χ4v) is 4.77. The molecule has 0 N–H and O–H groups in total. The van der Waals surface area contributed by atoms with Crippen molar-refractivity contribution in [2.45, 2.75) is 13.1 Å². The summed E-state index contributed by atoms with van der Waals surface area (Å²) < 4.78 is 1.89. The maximum Gasteiger partial charge on any atom is 0.257 e. The van der Waals surface area contributed by atoms with Crippen molar-refractivity contribution in [2.24, 2.45) is 0 Å². The fourth-order valence-electron chi connectivity index (χ4n) is 4.05. The van der Waals surface area contributed by atoms with Crippen LogP contribution in [0.5, 0.6) is 0 Å². The molecular formula is C25H25N5OS. The van der Waals surface area contributed by atoms with Gasteiger partial charge in [-0.05, 0) is 34.7 Å². The molecule has 0 bridgehead atoms. The minimum Gasteiger partial charge on any atom is -0.336 e. The zero-order chi connectivity index (χ0) is 21.8. The summed E-state index contributed by atoms with van der Waals surface area (Å²) in [5.41, 5.74) is 3.88. The van der Waals surface area contributed by atoms with Gasteiger partial charge in [-0.2, -0.15) is 5.10 Å². The van der Waals surface area contributed by atoms with E-state index in [0.717, 1.165) is 48.9 Å². The second kappa shape index (κ2) is 9.46. The summed E-state index contributed by atoms with van der Waals surface area (Å²) in [5.74, 6) is 0.0660. The molecule has 1 aliphatic heterocycles. The smallest absolute Gasteiger partial charge is 0.257 e. The number of hydrogen-bond acceptors (Lipinski definition) is 5. The van der Waals surface area contributed by atoms with Crippen LogP contribution in [0.15, 0.2) is 78.6 Å². The topological polar surface area (TPSA) is 54.3 Å². The normalized spacial score (nSPS) is 14.6. The summed E-state index contributed by atoms with van der Waals surface area (Å²) in [4.78, 5) is 23.0. The van der Waals surface area contributed by atoms with E-state index in [1.807, 2.05) is 76.0 Å². The number of nitrogens with zero attached hydrogens (tertiary/aromatic N) is 5. The van der Waals surface area contributed by atoms with Gasteiger partial charge in [0.25, 0.3) is 5.91 Å². The summed E-state index contributed by atoms with van der Waals surface area (Å²) in [6.07, 6.45) is 5.57. The lowest BCUT2D eigenvalue weighted by molar-refractivity contribution is 0.0629. The highest BCUT2D eigenvalue weighted by molar-refractivity contribution is 7.13. The molecule has 1 fully saturated rings. The Hall–Kier alpha value is -3.29. The van der Waals surface area contributed by atoms with Crippen LogP contribution in [0.2, 0.25) is 0 Å². The second-order valence-electron chi connectivity index (χ2n) is 7.98. The number of benzene rings is 1. The van der Waals surface area contributed by atoms with Crippen molar-refractivity contribution < 1.29 is 4.79 Å². The molecule has 0 radical (unpaired) electrons. The van der Waals surface area contributed by atoms with E-state index in [1.165, 1.54) is 5.56 Å². The van der Waals surface area contributed by atoms with Crippen LogP contribution in [-0.4, -0.2) is 56.7 Å². The largest absolute Gasteiger partial charge is 0.336 e. The average molecular weight is 444 g/mol. The Morgan fingerprint density at radius 3 is 2.34 bits per heavy atom. The Kier molecular flexibility index (Phi) is 6.09. The van der Waals surface area contributed by atoms with E-state index in [0.29, 0.717) is 12.1 Å². The summed E-state index contributed by atoms with van der Waals surface area (Å²) >= 11 is 1.62. The third kappa shape index (κ3) is 4.64. The van der Waals surface area contributed by atoms with Crippen LogP contribution in [-0.2, 0) is 13.1 Å². The number of amides is 1. The SMILES string of the molecule is O=C(c1cn(Cc2ccccc2)nc1-c1cccs1)N1CCN(Cc2ccncc2)CC1. The number of carbonyl (C=O) groups is 1. The van der Waals surface area contributed by atoms with Gasteiger partial charge in [-0.1, -0.05) is 36.4 Å². The van der Waals surface area contributed by atoms with Crippen LogP contribution in [0.3, 0.4) is 0 Å². The van der Waals surface area contributed by atoms with Gasteiger partial charge >= 0.3 is 0 Å². The van der Waals surface area contributed by atoms with Crippen molar-refractivity contribution in [2.75, 3.05) is 26.2 Å². The first-order valence-corrected chi connectivity index (χ1v) is 11.7. The number of pyridine rings is 1. The first kappa shape index (κ1) is 20.6. The highest BCUT2D eigenvalue weighted by atomic mass is 32.1. The second-order valence-corrected chi connectivity index (χ2v) is 8.92. The monoisotopic (exact) mass is 443 g/mol. The minimum absolute atomic E-state index is 0.0660. The molecule has 1 aromatic carbocycles. The van der Waals surface area contributed by atoms with Gasteiger partial charge in [0.05, 0.1) is 17.0 Å². The van der Waals surface area contributed by atoms with Crippen LogP contribution >= 0.6 is 11.3 Å². The molecule has 0 atom stereocenters. The molecule has 0 unspecified atom stereocenters. The Bertz CT molecular complexity index is 1150. The van der Waals surface area contributed by atoms with Crippen molar-refractivity contribution in [3.63, 3.8) is 0 Å². The molecule has 5 rings (SSSR count). The quantitative estimate of drug-likeness (QED) is 0.452. The van der Waals surface area contributed by atoms with Gasteiger partial charge < -0.3 is 4.90 Å². The first-order chi connectivity index (χ1) is 15.8. The molecule has 3 aromatic heterocycles. The van der Waals surface area contributed by atoms with E-state index in [9.17, 15) is 4.79 Å². The van der Waals surface area contributed by atoms with Crippen LogP contribution in [0.25, 0.3) is 10.6 Å². The number of thiophene rings is 1. The Morgan fingerprint density at radius 1 is 0.875 bits per heavy atom. The highest BCUT2D eigenvalue weighted by Crippen LogP contribution is 2.28. The molecule has 6 nitrogen and oxygen atoms in total. The Labute approximate surface area is 191 Å². The van der Waals surface area contributed by atoms with Crippen LogP contribution < -0.4 is 0 Å². The van der Waals surface area contributed by atoms with Crippen LogP contribution in [0, 0.1) is 0 Å². The van der Waals surface area contributed by atoms with Gasteiger partial charge in [0.1, 0.15) is 5.69 Å². The molecule has 0 aliphatic carbocycles. The van der Waals surface area contributed by atoms with Gasteiger partial charge in [0.2, 0.25) is 0 Å². The van der Waals surface area contributed by atoms with Gasteiger partial charge in [-0.25, -0.2) is 0 Å². The number of rotatable bonds is 6. The van der Waals surface area contributed by atoms with Gasteiger partial charge in [-0.3, -0.25) is 19.4 Å². The molecule has 1 aliphatic rings. The molecule has 1 saturated heterocycles. The van der Waals surface area contributed by atoms with Gasteiger partial charge in [-0.15, -0.1) is 11.3 Å². The number of carbonyl (C=O) groups excluding carboxylic acids is 1. The summed E-state index contributed by atoms with van der Waals surface area (Å²) in [6.45, 7) is 4.70. The number of piperazine rings is 1. The first-order valence-electron chi connectivity index (χ1n) is 10.8. The van der Waals surface area contributed by atoms with E-state index in [1.54, 1.807) is 11.3 Å². The molecule has 4 aromatic rings. The maximum atomic E-state index is 13.5. The molecular weight excluding hydrogens is 418 g/mol. The zero-order valence-corrected chi connectivity index (χ0v) is 18.6. The van der Waals surface area contributed by atoms with Crippen LogP contribution in [0.1, 0.15) is 21.5 Å². The maximum absolute atomic E-state index is 13.5. The standard InChI is InChI=1S/C25H25N5OS/c31-25(29-14-12-28(13-15-29)17-21-8-10-26-11-9-21)22-19-30(18-20-5-2-1-3-6-20)27-24(22)23-7-4-16-32-23/h1-11,16,19H,12-15,17-18H2. The summed E-state index contributed by atoms with van der Waals surface area (Å²) in [7, 11) is 0. The van der Waals surface area contributed by atoms with E-state index in [-0.39, 0.29) is 5.91 Å². The van der Waals surface area contributed by atoms with Crippen molar-refractivity contribution in [3.8, 4) is 10.6 Å². The summed E-state index contributed by atoms with van der Waals surface area (Å²) in [5, 5.41) is 6.82. The number of hydrogen-bond donors (Lipinski definition) is 0. The van der Waals surface area contributed by atoms with Crippen molar-refractivity contribution in [1.82, 2.24) is 24.6 Å². The predicted octanol–water partition coefficient (Wildman–Crippen LogP) is 4.01. The lowest BCUT2D eigenvalue weighted by Crippen LogP contribution is -2.48. The fraction of sp³-hybridized carbons (Fsp3) is 0.240. The van der Waals surface area contributed by atoms with E-state index >= 15 is 0 Å². The highest BCUT2D eigenvalue weighted by Gasteiger charge is 2.26. The third-order valence-electron chi connectivity index (χ3n) is 5.75. The Morgan fingerprint density at radius 2 is 1.62 bits per heavy atom. The predicted molar refractivity (Wildman–Crippen MR) is 127 cm³/mol. The van der Waals surface area contributed by atoms with Crippen molar-refractivity contribution >= 4 is 17.2 Å². The average Bonchev–Trinajstić information content (AvgIpc) is 3.51. The minimum atomic E-state index is 0.0660. The van der Waals surface area contributed by atoms with E-state index < -0.39 is 0 Å². The van der Waals surface area contributed by atoms with Crippen molar-refractivity contribution in [1.29, 1.82) is 0 Å².